The monoisotopic (exact) mass is 720 g/mol. The lowest BCUT2D eigenvalue weighted by Crippen LogP contribution is -2.15. The first-order valence-corrected chi connectivity index (χ1v) is 19.1. The third-order valence-electron chi connectivity index (χ3n) is 11.5. The van der Waals surface area contributed by atoms with E-state index in [-0.39, 0.29) is 5.41 Å². The Labute approximate surface area is 324 Å². The Balaban J connectivity index is 1.03. The van der Waals surface area contributed by atoms with Crippen LogP contribution in [0.3, 0.4) is 0 Å². The van der Waals surface area contributed by atoms with Crippen molar-refractivity contribution in [3.05, 3.63) is 193 Å². The van der Waals surface area contributed by atoms with Crippen molar-refractivity contribution in [2.75, 3.05) is 4.90 Å². The lowest BCUT2D eigenvalue weighted by molar-refractivity contribution is 0.617. The highest BCUT2D eigenvalue weighted by molar-refractivity contribution is 6.12. The number of fused-ring (bicyclic) bond motifs is 7. The SMILES string of the molecule is CC1(C)c2ccccc2-c2cc(N(c3ccc(-c4cccc5c4oc4cc6oc(-c7ccccc7)nc6cc45)cc3)c3ccccc3-c3ccccc3)ccc21. The van der Waals surface area contributed by atoms with E-state index in [0.29, 0.717) is 11.5 Å². The number of nitrogens with zero attached hydrogens (tertiary/aromatic N) is 2. The van der Waals surface area contributed by atoms with Gasteiger partial charge in [-0.3, -0.25) is 0 Å². The second-order valence-corrected chi connectivity index (χ2v) is 15.2. The molecule has 266 valence electrons. The van der Waals surface area contributed by atoms with Gasteiger partial charge in [0.2, 0.25) is 5.89 Å². The summed E-state index contributed by atoms with van der Waals surface area (Å²) in [4.78, 5) is 7.22. The van der Waals surface area contributed by atoms with Gasteiger partial charge in [-0.1, -0.05) is 141 Å². The van der Waals surface area contributed by atoms with Gasteiger partial charge in [0.05, 0.1) is 5.69 Å². The number of anilines is 3. The molecule has 1 aliphatic rings. The van der Waals surface area contributed by atoms with Crippen LogP contribution in [-0.4, -0.2) is 4.98 Å². The summed E-state index contributed by atoms with van der Waals surface area (Å²) >= 11 is 0. The predicted molar refractivity (Wildman–Crippen MR) is 230 cm³/mol. The van der Waals surface area contributed by atoms with Gasteiger partial charge in [0, 0.05) is 50.3 Å². The van der Waals surface area contributed by atoms with Crippen molar-refractivity contribution in [3.63, 3.8) is 0 Å². The minimum Gasteiger partial charge on any atom is -0.455 e. The molecule has 0 unspecified atom stereocenters. The van der Waals surface area contributed by atoms with Crippen molar-refractivity contribution in [2.45, 2.75) is 19.3 Å². The minimum absolute atomic E-state index is 0.0675. The van der Waals surface area contributed by atoms with Gasteiger partial charge < -0.3 is 13.7 Å². The summed E-state index contributed by atoms with van der Waals surface area (Å²) in [5.74, 6) is 0.604. The molecule has 8 aromatic carbocycles. The smallest absolute Gasteiger partial charge is 0.227 e. The van der Waals surface area contributed by atoms with Gasteiger partial charge in [-0.05, 0) is 81.9 Å². The molecular formula is C52H36N2O2. The fourth-order valence-electron chi connectivity index (χ4n) is 8.75. The van der Waals surface area contributed by atoms with Crippen molar-refractivity contribution >= 4 is 50.1 Å². The molecule has 0 aliphatic heterocycles. The number of hydrogen-bond acceptors (Lipinski definition) is 4. The molecule has 2 aromatic heterocycles. The van der Waals surface area contributed by atoms with Crippen LogP contribution in [0.1, 0.15) is 25.0 Å². The van der Waals surface area contributed by atoms with Crippen LogP contribution in [0.5, 0.6) is 0 Å². The Kier molecular flexibility index (Phi) is 7.17. The van der Waals surface area contributed by atoms with Crippen LogP contribution >= 0.6 is 0 Å². The van der Waals surface area contributed by atoms with Crippen molar-refractivity contribution in [1.29, 1.82) is 0 Å². The van der Waals surface area contributed by atoms with Crippen LogP contribution in [0.25, 0.3) is 77.9 Å². The number of para-hydroxylation sites is 2. The van der Waals surface area contributed by atoms with Crippen LogP contribution in [0.2, 0.25) is 0 Å². The third-order valence-corrected chi connectivity index (χ3v) is 11.5. The first-order chi connectivity index (χ1) is 27.5. The number of rotatable bonds is 6. The van der Waals surface area contributed by atoms with E-state index in [1.807, 2.05) is 36.4 Å². The highest BCUT2D eigenvalue weighted by Crippen LogP contribution is 2.51. The van der Waals surface area contributed by atoms with Crippen molar-refractivity contribution in [3.8, 4) is 44.8 Å². The highest BCUT2D eigenvalue weighted by Gasteiger charge is 2.35. The van der Waals surface area contributed by atoms with E-state index >= 15 is 0 Å². The zero-order chi connectivity index (χ0) is 37.4. The zero-order valence-corrected chi connectivity index (χ0v) is 31.0. The van der Waals surface area contributed by atoms with Crippen LogP contribution in [0, 0.1) is 0 Å². The normalized spacial score (nSPS) is 13.0. The Morgan fingerprint density at radius 3 is 1.89 bits per heavy atom. The largest absolute Gasteiger partial charge is 0.455 e. The summed E-state index contributed by atoms with van der Waals surface area (Å²) in [6.07, 6.45) is 0. The summed E-state index contributed by atoms with van der Waals surface area (Å²) in [6, 6.07) is 64.5. The molecule has 0 bridgehead atoms. The highest BCUT2D eigenvalue weighted by atomic mass is 16.4. The van der Waals surface area contributed by atoms with Crippen molar-refractivity contribution in [1.82, 2.24) is 4.98 Å². The first kappa shape index (κ1) is 32.3. The summed E-state index contributed by atoms with van der Waals surface area (Å²) in [6.45, 7) is 4.66. The molecule has 2 heterocycles. The van der Waals surface area contributed by atoms with E-state index in [9.17, 15) is 0 Å². The van der Waals surface area contributed by atoms with E-state index in [2.05, 4.69) is 164 Å². The maximum absolute atomic E-state index is 6.63. The van der Waals surface area contributed by atoms with Gasteiger partial charge in [-0.25, -0.2) is 4.98 Å². The minimum atomic E-state index is -0.0675. The van der Waals surface area contributed by atoms with Gasteiger partial charge in [-0.2, -0.15) is 0 Å². The Morgan fingerprint density at radius 2 is 1.09 bits per heavy atom. The van der Waals surface area contributed by atoms with Crippen molar-refractivity contribution in [2.24, 2.45) is 0 Å². The second kappa shape index (κ2) is 12.4. The number of aromatic nitrogens is 1. The summed E-state index contributed by atoms with van der Waals surface area (Å²) in [5, 5.41) is 2.07. The molecule has 0 spiro atoms. The fourth-order valence-corrected chi connectivity index (χ4v) is 8.75. The van der Waals surface area contributed by atoms with Gasteiger partial charge in [-0.15, -0.1) is 0 Å². The van der Waals surface area contributed by atoms with E-state index in [4.69, 9.17) is 13.8 Å². The molecule has 0 radical (unpaired) electrons. The first-order valence-electron chi connectivity index (χ1n) is 19.1. The van der Waals surface area contributed by atoms with E-state index in [1.54, 1.807) is 0 Å². The van der Waals surface area contributed by atoms with Gasteiger partial charge >= 0.3 is 0 Å². The standard InChI is InChI=1S/C52H36N2O2/c1-52(2)44-22-11-9-19-40(44)42-30-37(28-29-45(42)52)54(47-23-12-10-18-38(47)33-14-5-3-6-15-33)36-26-24-34(25-27-36)39-20-13-21-41-43-31-46-49(32-48(43)55-50(39)41)56-51(53-46)35-16-7-4-8-17-35/h3-32H,1-2H3. The molecule has 0 fully saturated rings. The number of hydrogen-bond donors (Lipinski definition) is 0. The molecule has 1 aliphatic carbocycles. The zero-order valence-electron chi connectivity index (χ0n) is 31.0. The van der Waals surface area contributed by atoms with Crippen LogP contribution < -0.4 is 4.90 Å². The topological polar surface area (TPSA) is 42.4 Å². The molecule has 0 N–H and O–H groups in total. The third kappa shape index (κ3) is 5.03. The van der Waals surface area contributed by atoms with Crippen molar-refractivity contribution < 1.29 is 8.83 Å². The van der Waals surface area contributed by atoms with Gasteiger partial charge in [0.15, 0.2) is 5.58 Å². The average Bonchev–Trinajstić information content (AvgIpc) is 3.91. The van der Waals surface area contributed by atoms with Crippen LogP contribution in [0.4, 0.5) is 17.1 Å². The lowest BCUT2D eigenvalue weighted by Gasteiger charge is -2.29. The molecule has 0 saturated heterocycles. The van der Waals surface area contributed by atoms with E-state index in [1.165, 1.54) is 33.4 Å². The summed E-state index contributed by atoms with van der Waals surface area (Å²) < 4.78 is 12.8. The predicted octanol–water partition coefficient (Wildman–Crippen LogP) is 14.5. The van der Waals surface area contributed by atoms with Crippen LogP contribution in [0.15, 0.2) is 191 Å². The molecule has 0 atom stereocenters. The Hall–Kier alpha value is -7.17. The van der Waals surface area contributed by atoms with Gasteiger partial charge in [0.1, 0.15) is 16.7 Å². The Morgan fingerprint density at radius 1 is 0.446 bits per heavy atom. The molecule has 0 saturated carbocycles. The second-order valence-electron chi connectivity index (χ2n) is 15.2. The molecule has 0 amide bonds. The lowest BCUT2D eigenvalue weighted by atomic mass is 9.82. The molecule has 10 aromatic rings. The average molecular weight is 721 g/mol. The maximum Gasteiger partial charge on any atom is 0.227 e. The van der Waals surface area contributed by atoms with E-state index in [0.717, 1.165) is 61.2 Å². The quantitative estimate of drug-likeness (QED) is 0.171. The summed E-state index contributed by atoms with van der Waals surface area (Å²) in [7, 11) is 0. The van der Waals surface area contributed by atoms with E-state index < -0.39 is 0 Å². The number of oxazole rings is 1. The number of furan rings is 1. The molecule has 4 heteroatoms. The number of benzene rings is 8. The summed E-state index contributed by atoms with van der Waals surface area (Å²) in [5.41, 5.74) is 17.1. The maximum atomic E-state index is 6.63. The molecule has 56 heavy (non-hydrogen) atoms. The van der Waals surface area contributed by atoms with Gasteiger partial charge in [0.25, 0.3) is 0 Å². The molecule has 4 nitrogen and oxygen atoms in total. The Bertz CT molecular complexity index is 3100. The fraction of sp³-hybridized carbons (Fsp3) is 0.0577. The van der Waals surface area contributed by atoms with Crippen LogP contribution in [-0.2, 0) is 5.41 Å². The molecule has 11 rings (SSSR count). The molecular weight excluding hydrogens is 685 g/mol.